The molecule has 1 aliphatic rings. The van der Waals surface area contributed by atoms with E-state index in [4.69, 9.17) is 4.74 Å². The predicted molar refractivity (Wildman–Crippen MR) is 88.2 cm³/mol. The van der Waals surface area contributed by atoms with Crippen LogP contribution in [0, 0.1) is 5.92 Å². The average molecular weight is 327 g/mol. The minimum atomic E-state index is -0.800. The van der Waals surface area contributed by atoms with Crippen molar-refractivity contribution in [3.8, 4) is 0 Å². The van der Waals surface area contributed by atoms with Crippen molar-refractivity contribution in [1.82, 2.24) is 15.1 Å². The number of nitrogens with zero attached hydrogens (tertiary/aromatic N) is 2. The second kappa shape index (κ2) is 6.86. The molecule has 1 aromatic heterocycles. The highest BCUT2D eigenvalue weighted by Gasteiger charge is 2.32. The molecule has 1 atom stereocenters. The average Bonchev–Trinajstić information content (AvgIpc) is 3.13. The van der Waals surface area contributed by atoms with Crippen molar-refractivity contribution in [3.05, 3.63) is 53.3 Å². The summed E-state index contributed by atoms with van der Waals surface area (Å²) in [5.74, 6) is -0.814. The summed E-state index contributed by atoms with van der Waals surface area (Å²) >= 11 is 0. The number of fused-ring (bicyclic) bond motifs is 1. The fourth-order valence-corrected chi connectivity index (χ4v) is 2.88. The van der Waals surface area contributed by atoms with Crippen molar-refractivity contribution in [2.45, 2.75) is 32.9 Å². The van der Waals surface area contributed by atoms with Crippen LogP contribution in [0.15, 0.2) is 36.5 Å². The summed E-state index contributed by atoms with van der Waals surface area (Å²) in [6.07, 6.45) is 1.50. The van der Waals surface area contributed by atoms with Crippen molar-refractivity contribution in [2.24, 2.45) is 5.92 Å². The molecular formula is C18H21N3O3. The number of benzene rings is 1. The molecule has 126 valence electrons. The number of amides is 1. The van der Waals surface area contributed by atoms with Crippen LogP contribution in [0.1, 0.15) is 35.5 Å². The van der Waals surface area contributed by atoms with Gasteiger partial charge in [-0.05, 0) is 29.5 Å². The quantitative estimate of drug-likeness (QED) is 0.873. The highest BCUT2D eigenvalue weighted by atomic mass is 16.5. The van der Waals surface area contributed by atoms with Gasteiger partial charge in [-0.25, -0.2) is 4.79 Å². The van der Waals surface area contributed by atoms with Gasteiger partial charge in [0.05, 0.1) is 0 Å². The number of nitrogens with one attached hydrogen (secondary N) is 1. The lowest BCUT2D eigenvalue weighted by molar-refractivity contribution is -0.144. The fourth-order valence-electron chi connectivity index (χ4n) is 2.88. The van der Waals surface area contributed by atoms with Gasteiger partial charge in [0.25, 0.3) is 5.91 Å². The Morgan fingerprint density at radius 2 is 1.96 bits per heavy atom. The molecule has 0 saturated heterocycles. The minimum absolute atomic E-state index is 0.110. The molecule has 6 nitrogen and oxygen atoms in total. The van der Waals surface area contributed by atoms with Crippen LogP contribution in [0.25, 0.3) is 0 Å². The largest absolute Gasteiger partial charge is 0.447 e. The number of carbonyl (C=O) groups excluding carboxylic acids is 2. The number of carbonyl (C=O) groups is 2. The van der Waals surface area contributed by atoms with Gasteiger partial charge in [-0.15, -0.1) is 0 Å². The molecule has 0 unspecified atom stereocenters. The van der Waals surface area contributed by atoms with Crippen LogP contribution in [0.2, 0.25) is 0 Å². The van der Waals surface area contributed by atoms with Crippen LogP contribution in [0.4, 0.5) is 0 Å². The first-order valence-electron chi connectivity index (χ1n) is 8.12. The Balaban J connectivity index is 1.72. The molecule has 0 bridgehead atoms. The van der Waals surface area contributed by atoms with Gasteiger partial charge < -0.3 is 9.64 Å². The van der Waals surface area contributed by atoms with Crippen LogP contribution >= 0.6 is 0 Å². The number of rotatable bonds is 4. The Morgan fingerprint density at radius 1 is 1.21 bits per heavy atom. The highest BCUT2D eigenvalue weighted by Crippen LogP contribution is 2.21. The van der Waals surface area contributed by atoms with Crippen LogP contribution in [0.5, 0.6) is 0 Å². The van der Waals surface area contributed by atoms with Gasteiger partial charge >= 0.3 is 5.97 Å². The molecule has 0 spiro atoms. The SMILES string of the molecule is CC(C)[C@@H](OC(=O)c1ccn[nH]1)C(=O)N1CCc2ccccc2C1. The molecule has 0 saturated carbocycles. The summed E-state index contributed by atoms with van der Waals surface area (Å²) in [5.41, 5.74) is 2.68. The lowest BCUT2D eigenvalue weighted by Crippen LogP contribution is -2.46. The molecule has 3 rings (SSSR count). The van der Waals surface area contributed by atoms with E-state index in [-0.39, 0.29) is 17.5 Å². The standard InChI is InChI=1S/C18H21N3O3/c1-12(2)16(24-18(23)15-7-9-19-20-15)17(22)21-10-8-13-5-3-4-6-14(13)11-21/h3-7,9,12,16H,8,10-11H2,1-2H3,(H,19,20)/t16-/m1/s1. The van der Waals surface area contributed by atoms with E-state index in [1.54, 1.807) is 4.90 Å². The third kappa shape index (κ3) is 3.32. The van der Waals surface area contributed by atoms with Gasteiger partial charge in [-0.2, -0.15) is 5.10 Å². The fraction of sp³-hybridized carbons (Fsp3) is 0.389. The number of ether oxygens (including phenoxy) is 1. The minimum Gasteiger partial charge on any atom is -0.447 e. The van der Waals surface area contributed by atoms with Crippen LogP contribution < -0.4 is 0 Å². The van der Waals surface area contributed by atoms with E-state index in [0.717, 1.165) is 12.0 Å². The van der Waals surface area contributed by atoms with E-state index in [1.807, 2.05) is 32.0 Å². The zero-order valence-corrected chi connectivity index (χ0v) is 13.9. The molecule has 2 heterocycles. The summed E-state index contributed by atoms with van der Waals surface area (Å²) < 4.78 is 5.46. The van der Waals surface area contributed by atoms with Gasteiger partial charge in [0, 0.05) is 19.3 Å². The Hall–Kier alpha value is -2.63. The first-order chi connectivity index (χ1) is 11.6. The van der Waals surface area contributed by atoms with E-state index in [9.17, 15) is 9.59 Å². The summed E-state index contributed by atoms with van der Waals surface area (Å²) in [6, 6.07) is 9.65. The lowest BCUT2D eigenvalue weighted by atomic mass is 9.98. The van der Waals surface area contributed by atoms with Crippen LogP contribution in [0.3, 0.4) is 0 Å². The van der Waals surface area contributed by atoms with E-state index in [2.05, 4.69) is 16.3 Å². The second-order valence-corrected chi connectivity index (χ2v) is 6.32. The van der Waals surface area contributed by atoms with Gasteiger partial charge in [0.2, 0.25) is 0 Å². The number of H-pyrrole nitrogens is 1. The molecule has 2 aromatic rings. The van der Waals surface area contributed by atoms with Crippen LogP contribution in [-0.4, -0.2) is 39.6 Å². The Bertz CT molecular complexity index is 725. The third-order valence-corrected chi connectivity index (χ3v) is 4.25. The van der Waals surface area contributed by atoms with Gasteiger partial charge in [0.1, 0.15) is 5.69 Å². The normalized spacial score (nSPS) is 15.0. The number of hydrogen-bond acceptors (Lipinski definition) is 4. The molecule has 1 aromatic carbocycles. The maximum atomic E-state index is 12.9. The predicted octanol–water partition coefficient (Wildman–Crippen LogP) is 2.18. The van der Waals surface area contributed by atoms with E-state index in [1.165, 1.54) is 17.8 Å². The zero-order valence-electron chi connectivity index (χ0n) is 13.9. The van der Waals surface area contributed by atoms with E-state index >= 15 is 0 Å². The molecule has 1 amide bonds. The van der Waals surface area contributed by atoms with E-state index < -0.39 is 12.1 Å². The van der Waals surface area contributed by atoms with Gasteiger partial charge in [-0.1, -0.05) is 38.1 Å². The molecule has 0 radical (unpaired) electrons. The molecule has 24 heavy (non-hydrogen) atoms. The lowest BCUT2D eigenvalue weighted by Gasteiger charge is -2.32. The first kappa shape index (κ1) is 16.2. The summed E-state index contributed by atoms with van der Waals surface area (Å²) in [7, 11) is 0. The Labute approximate surface area is 140 Å². The van der Waals surface area contributed by atoms with Gasteiger partial charge in [0.15, 0.2) is 6.10 Å². The van der Waals surface area contributed by atoms with Crippen molar-refractivity contribution >= 4 is 11.9 Å². The number of esters is 1. The number of hydrogen-bond donors (Lipinski definition) is 1. The zero-order chi connectivity index (χ0) is 17.1. The summed E-state index contributed by atoms with van der Waals surface area (Å²) in [6.45, 7) is 4.95. The topological polar surface area (TPSA) is 75.3 Å². The summed E-state index contributed by atoms with van der Waals surface area (Å²) in [5, 5.41) is 6.30. The molecule has 0 fully saturated rings. The molecule has 1 N–H and O–H groups in total. The molecule has 0 aliphatic carbocycles. The second-order valence-electron chi connectivity index (χ2n) is 6.32. The van der Waals surface area contributed by atoms with Gasteiger partial charge in [-0.3, -0.25) is 9.89 Å². The maximum absolute atomic E-state index is 12.9. The highest BCUT2D eigenvalue weighted by molar-refractivity contribution is 5.90. The number of aromatic amines is 1. The maximum Gasteiger partial charge on any atom is 0.357 e. The van der Waals surface area contributed by atoms with Crippen molar-refractivity contribution in [2.75, 3.05) is 6.54 Å². The molecule has 1 aliphatic heterocycles. The molecular weight excluding hydrogens is 306 g/mol. The monoisotopic (exact) mass is 327 g/mol. The Kier molecular flexibility index (Phi) is 4.64. The van der Waals surface area contributed by atoms with Crippen molar-refractivity contribution in [3.63, 3.8) is 0 Å². The van der Waals surface area contributed by atoms with Crippen molar-refractivity contribution in [1.29, 1.82) is 0 Å². The first-order valence-corrected chi connectivity index (χ1v) is 8.12. The smallest absolute Gasteiger partial charge is 0.357 e. The van der Waals surface area contributed by atoms with Crippen LogP contribution in [-0.2, 0) is 22.5 Å². The van der Waals surface area contributed by atoms with Crippen molar-refractivity contribution < 1.29 is 14.3 Å². The third-order valence-electron chi connectivity index (χ3n) is 4.25. The number of aromatic nitrogens is 2. The Morgan fingerprint density at radius 3 is 2.62 bits per heavy atom. The van der Waals surface area contributed by atoms with E-state index in [0.29, 0.717) is 13.1 Å². The molecule has 6 heteroatoms. The summed E-state index contributed by atoms with van der Waals surface area (Å²) in [4.78, 5) is 26.8.